The van der Waals surface area contributed by atoms with Crippen LogP contribution in [0.5, 0.6) is 0 Å². The smallest absolute Gasteiger partial charge is 0.225 e. The maximum atomic E-state index is 13.0. The van der Waals surface area contributed by atoms with Gasteiger partial charge in [0.1, 0.15) is 5.82 Å². The van der Waals surface area contributed by atoms with Crippen molar-refractivity contribution in [3.63, 3.8) is 0 Å². The molecule has 6 rings (SSSR count). The average molecular weight is 536 g/mol. The summed E-state index contributed by atoms with van der Waals surface area (Å²) in [4.78, 5) is 37.2. The fourth-order valence-electron chi connectivity index (χ4n) is 6.36. The molecule has 7 heteroatoms. The highest BCUT2D eigenvalue weighted by Gasteiger charge is 2.23. The molecule has 1 aromatic heterocycles. The second-order valence-corrected chi connectivity index (χ2v) is 11.5. The van der Waals surface area contributed by atoms with Gasteiger partial charge in [0.25, 0.3) is 0 Å². The van der Waals surface area contributed by atoms with Gasteiger partial charge in [-0.3, -0.25) is 9.59 Å². The van der Waals surface area contributed by atoms with Gasteiger partial charge in [-0.05, 0) is 78.5 Å². The average Bonchev–Trinajstić information content (AvgIpc) is 3.40. The van der Waals surface area contributed by atoms with Gasteiger partial charge in [-0.15, -0.1) is 0 Å². The lowest BCUT2D eigenvalue weighted by atomic mass is 9.86. The summed E-state index contributed by atoms with van der Waals surface area (Å²) in [5.74, 6) is 2.04. The summed E-state index contributed by atoms with van der Waals surface area (Å²) < 4.78 is 0. The molecule has 206 valence electrons. The maximum Gasteiger partial charge on any atom is 0.225 e. The topological polar surface area (TPSA) is 87.2 Å². The van der Waals surface area contributed by atoms with Crippen LogP contribution in [0.15, 0.2) is 54.6 Å². The van der Waals surface area contributed by atoms with Gasteiger partial charge in [0, 0.05) is 50.5 Å². The Labute approximate surface area is 235 Å². The molecule has 0 unspecified atom stereocenters. The number of anilines is 2. The van der Waals surface area contributed by atoms with Crippen molar-refractivity contribution in [2.24, 2.45) is 5.92 Å². The molecule has 1 heterocycles. The number of carbonyl (C=O) groups is 2. The van der Waals surface area contributed by atoms with E-state index in [0.717, 1.165) is 66.2 Å². The Morgan fingerprint density at radius 1 is 0.850 bits per heavy atom. The summed E-state index contributed by atoms with van der Waals surface area (Å²) in [5, 5.41) is 9.97. The normalized spacial score (nSPS) is 18.1. The van der Waals surface area contributed by atoms with Crippen molar-refractivity contribution >= 4 is 45.1 Å². The second-order valence-electron chi connectivity index (χ2n) is 11.5. The lowest BCUT2D eigenvalue weighted by molar-refractivity contribution is -0.121. The van der Waals surface area contributed by atoms with Gasteiger partial charge >= 0.3 is 0 Å². The third-order valence-corrected chi connectivity index (χ3v) is 8.53. The fraction of sp³-hybridized carbons (Fsp3) is 0.394. The zero-order valence-electron chi connectivity index (χ0n) is 23.4. The summed E-state index contributed by atoms with van der Waals surface area (Å²) in [6.45, 7) is 0.665. The molecule has 4 aromatic rings. The number of aromatic nitrogens is 2. The van der Waals surface area contributed by atoms with Crippen molar-refractivity contribution in [1.82, 2.24) is 15.3 Å². The second kappa shape index (κ2) is 11.2. The number of hydrogen-bond donors (Lipinski definition) is 2. The van der Waals surface area contributed by atoms with Gasteiger partial charge in [0.2, 0.25) is 11.9 Å². The minimum atomic E-state index is -0.0414. The molecular weight excluding hydrogens is 498 g/mol. The van der Waals surface area contributed by atoms with E-state index in [-0.39, 0.29) is 24.5 Å². The van der Waals surface area contributed by atoms with Crippen LogP contribution < -0.4 is 15.5 Å². The van der Waals surface area contributed by atoms with Crippen molar-refractivity contribution in [1.29, 1.82) is 0 Å². The third-order valence-electron chi connectivity index (χ3n) is 8.53. The van der Waals surface area contributed by atoms with E-state index in [9.17, 15) is 9.59 Å². The minimum Gasteiger partial charge on any atom is -0.362 e. The summed E-state index contributed by atoms with van der Waals surface area (Å²) in [5.41, 5.74) is 4.34. The van der Waals surface area contributed by atoms with Crippen LogP contribution >= 0.6 is 0 Å². The van der Waals surface area contributed by atoms with Crippen molar-refractivity contribution in [2.45, 2.75) is 57.4 Å². The molecule has 2 N–H and O–H groups in total. The van der Waals surface area contributed by atoms with Crippen LogP contribution in [0.4, 0.5) is 11.8 Å². The van der Waals surface area contributed by atoms with E-state index < -0.39 is 0 Å². The Morgan fingerprint density at radius 2 is 1.60 bits per heavy atom. The van der Waals surface area contributed by atoms with Gasteiger partial charge < -0.3 is 15.5 Å². The van der Waals surface area contributed by atoms with Gasteiger partial charge in [0.15, 0.2) is 5.78 Å². The molecule has 0 atom stereocenters. The zero-order chi connectivity index (χ0) is 27.6. The highest BCUT2D eigenvalue weighted by atomic mass is 16.2. The van der Waals surface area contributed by atoms with E-state index in [4.69, 9.17) is 9.97 Å². The monoisotopic (exact) mass is 535 g/mol. The van der Waals surface area contributed by atoms with Gasteiger partial charge in [0.05, 0.1) is 5.52 Å². The highest BCUT2D eigenvalue weighted by molar-refractivity contribution is 6.10. The maximum absolute atomic E-state index is 13.0. The molecule has 0 saturated heterocycles. The molecule has 0 aliphatic heterocycles. The van der Waals surface area contributed by atoms with E-state index in [2.05, 4.69) is 28.8 Å². The van der Waals surface area contributed by atoms with Gasteiger partial charge in [-0.1, -0.05) is 42.5 Å². The number of amides is 1. The predicted octanol–water partition coefficient (Wildman–Crippen LogP) is 5.70. The van der Waals surface area contributed by atoms with Gasteiger partial charge in [-0.25, -0.2) is 4.98 Å². The molecule has 0 spiro atoms. The molecule has 0 bridgehead atoms. The first-order chi connectivity index (χ1) is 19.5. The first-order valence-electron chi connectivity index (χ1n) is 14.5. The van der Waals surface area contributed by atoms with E-state index in [1.807, 2.05) is 55.4 Å². The lowest BCUT2D eigenvalue weighted by Gasteiger charge is -2.29. The van der Waals surface area contributed by atoms with E-state index in [0.29, 0.717) is 24.5 Å². The number of carbonyl (C=O) groups excluding carboxylic acids is 2. The van der Waals surface area contributed by atoms with E-state index in [1.54, 1.807) is 0 Å². The van der Waals surface area contributed by atoms with Crippen molar-refractivity contribution in [3.05, 3.63) is 71.3 Å². The van der Waals surface area contributed by atoms with Crippen LogP contribution in [0.2, 0.25) is 0 Å². The summed E-state index contributed by atoms with van der Waals surface area (Å²) >= 11 is 0. The van der Waals surface area contributed by atoms with Crippen molar-refractivity contribution in [2.75, 3.05) is 30.9 Å². The van der Waals surface area contributed by atoms with Crippen LogP contribution in [-0.2, 0) is 17.6 Å². The largest absolute Gasteiger partial charge is 0.362 e. The Hall–Kier alpha value is -4.00. The molecule has 0 radical (unpaired) electrons. The Balaban J connectivity index is 0.972. The molecule has 1 saturated carbocycles. The number of nitrogens with one attached hydrogen (secondary N) is 2. The highest BCUT2D eigenvalue weighted by Crippen LogP contribution is 2.33. The minimum absolute atomic E-state index is 0.0414. The molecule has 3 aromatic carbocycles. The third kappa shape index (κ3) is 5.37. The summed E-state index contributed by atoms with van der Waals surface area (Å²) in [6.07, 6.45) is 6.64. The van der Waals surface area contributed by atoms with Crippen LogP contribution in [0, 0.1) is 5.92 Å². The lowest BCUT2D eigenvalue weighted by Crippen LogP contribution is -2.34. The summed E-state index contributed by atoms with van der Waals surface area (Å²) in [7, 11) is 4.00. The van der Waals surface area contributed by atoms with Gasteiger partial charge in [-0.2, -0.15) is 4.98 Å². The molecule has 2 aliphatic carbocycles. The van der Waals surface area contributed by atoms with Crippen LogP contribution in [0.1, 0.15) is 60.0 Å². The molecule has 2 aliphatic rings. The number of benzene rings is 3. The first kappa shape index (κ1) is 26.2. The number of hydrogen-bond acceptors (Lipinski definition) is 6. The SMILES string of the molecule is CN(C)c1nc(NC2CCC(CNC(=O)CCC(=O)c3ccc4c5c(cccc35)CC4)CC2)nc2ccccc12. The Kier molecular flexibility index (Phi) is 7.37. The van der Waals surface area contributed by atoms with Crippen LogP contribution in [0.3, 0.4) is 0 Å². The summed E-state index contributed by atoms with van der Waals surface area (Å²) in [6, 6.07) is 18.7. The van der Waals surface area contributed by atoms with Crippen molar-refractivity contribution in [3.8, 4) is 0 Å². The number of para-hydroxylation sites is 1. The van der Waals surface area contributed by atoms with Crippen LogP contribution in [0.25, 0.3) is 21.7 Å². The quantitative estimate of drug-likeness (QED) is 0.268. The molecule has 40 heavy (non-hydrogen) atoms. The standard InChI is InChI=1S/C33H37N5O2/c1-38(2)32-27-7-3-4-9-28(27)36-33(37-32)35-24-15-10-21(11-16-24)20-34-30(40)19-18-29(39)25-17-14-23-13-12-22-6-5-8-26(25)31(22)23/h3-9,14,17,21,24H,10-13,15-16,18-20H2,1-2H3,(H,34,40)(H,35,36,37). The number of ketones is 1. The Morgan fingerprint density at radius 3 is 2.40 bits per heavy atom. The van der Waals surface area contributed by atoms with E-state index in [1.165, 1.54) is 16.5 Å². The van der Waals surface area contributed by atoms with E-state index >= 15 is 0 Å². The zero-order valence-corrected chi connectivity index (χ0v) is 23.4. The fourth-order valence-corrected chi connectivity index (χ4v) is 6.36. The first-order valence-corrected chi connectivity index (χ1v) is 14.5. The number of fused-ring (bicyclic) bond motifs is 1. The predicted molar refractivity (Wildman–Crippen MR) is 161 cm³/mol. The number of Topliss-reactive ketones (excluding diaryl/α,β-unsaturated/α-hetero) is 1. The number of rotatable bonds is 9. The number of aryl methyl sites for hydroxylation is 2. The molecule has 1 fully saturated rings. The molecule has 1 amide bonds. The Bertz CT molecular complexity index is 1560. The molecule has 7 nitrogen and oxygen atoms in total. The van der Waals surface area contributed by atoms with Crippen molar-refractivity contribution < 1.29 is 9.59 Å². The number of nitrogens with zero attached hydrogens (tertiary/aromatic N) is 3. The molecular formula is C33H37N5O2. The van der Waals surface area contributed by atoms with Crippen LogP contribution in [-0.4, -0.2) is 48.3 Å².